The average molecular weight is 222 g/mol. The first-order chi connectivity index (χ1) is 7.86. The van der Waals surface area contributed by atoms with Gasteiger partial charge in [-0.05, 0) is 51.0 Å². The van der Waals surface area contributed by atoms with Gasteiger partial charge >= 0.3 is 0 Å². The molecule has 1 saturated carbocycles. The summed E-state index contributed by atoms with van der Waals surface area (Å²) in [5.74, 6) is 1.01. The summed E-state index contributed by atoms with van der Waals surface area (Å²) in [6.07, 6.45) is 10.0. The fraction of sp³-hybridized carbons (Fsp3) is 1.00. The molecule has 0 aromatic rings. The first-order valence-corrected chi connectivity index (χ1v) is 7.37. The Kier molecular flexibility index (Phi) is 3.21. The molecule has 92 valence electrons. The van der Waals surface area contributed by atoms with Crippen molar-refractivity contribution in [1.29, 1.82) is 0 Å². The monoisotopic (exact) mass is 222 g/mol. The van der Waals surface area contributed by atoms with E-state index in [4.69, 9.17) is 0 Å². The second-order valence-electron chi connectivity index (χ2n) is 6.09. The van der Waals surface area contributed by atoms with Gasteiger partial charge in [0.05, 0.1) is 0 Å². The van der Waals surface area contributed by atoms with E-state index in [1.165, 1.54) is 58.0 Å². The summed E-state index contributed by atoms with van der Waals surface area (Å²) in [6.45, 7) is 5.07. The van der Waals surface area contributed by atoms with E-state index in [0.29, 0.717) is 0 Å². The Morgan fingerprint density at radius 2 is 2.06 bits per heavy atom. The third-order valence-electron chi connectivity index (χ3n) is 5.17. The molecular weight excluding hydrogens is 196 g/mol. The molecule has 2 heteroatoms. The lowest BCUT2D eigenvalue weighted by Gasteiger charge is -2.25. The van der Waals surface area contributed by atoms with Gasteiger partial charge in [0, 0.05) is 24.7 Å². The zero-order chi connectivity index (χ0) is 11.0. The highest BCUT2D eigenvalue weighted by Crippen LogP contribution is 2.32. The molecule has 4 atom stereocenters. The molecule has 0 bridgehead atoms. The van der Waals surface area contributed by atoms with Crippen LogP contribution in [0, 0.1) is 5.92 Å². The zero-order valence-corrected chi connectivity index (χ0v) is 10.6. The van der Waals surface area contributed by atoms with Crippen LogP contribution in [0.2, 0.25) is 0 Å². The van der Waals surface area contributed by atoms with Crippen molar-refractivity contribution in [3.8, 4) is 0 Å². The lowest BCUT2D eigenvalue weighted by atomic mass is 10.0. The Morgan fingerprint density at radius 1 is 1.12 bits per heavy atom. The molecule has 1 N–H and O–H groups in total. The highest BCUT2D eigenvalue weighted by Gasteiger charge is 2.38. The van der Waals surface area contributed by atoms with E-state index in [-0.39, 0.29) is 0 Å². The van der Waals surface area contributed by atoms with Gasteiger partial charge in [0.2, 0.25) is 0 Å². The third kappa shape index (κ3) is 2.02. The number of fused-ring (bicyclic) bond motifs is 1. The molecule has 3 rings (SSSR count). The fourth-order valence-corrected chi connectivity index (χ4v) is 4.18. The predicted molar refractivity (Wildman–Crippen MR) is 67.6 cm³/mol. The molecule has 2 saturated heterocycles. The summed E-state index contributed by atoms with van der Waals surface area (Å²) in [5, 5.41) is 3.97. The van der Waals surface area contributed by atoms with Crippen molar-refractivity contribution in [3.05, 3.63) is 0 Å². The first-order valence-electron chi connectivity index (χ1n) is 7.37. The highest BCUT2D eigenvalue weighted by atomic mass is 15.2. The molecule has 16 heavy (non-hydrogen) atoms. The van der Waals surface area contributed by atoms with Crippen LogP contribution in [-0.4, -0.2) is 36.1 Å². The lowest BCUT2D eigenvalue weighted by Crippen LogP contribution is -2.43. The van der Waals surface area contributed by atoms with Crippen LogP contribution < -0.4 is 5.32 Å². The van der Waals surface area contributed by atoms with Gasteiger partial charge in [0.25, 0.3) is 0 Å². The summed E-state index contributed by atoms with van der Waals surface area (Å²) < 4.78 is 0. The molecule has 2 heterocycles. The summed E-state index contributed by atoms with van der Waals surface area (Å²) in [4.78, 5) is 2.71. The van der Waals surface area contributed by atoms with E-state index < -0.39 is 0 Å². The van der Waals surface area contributed by atoms with Crippen LogP contribution in [0.25, 0.3) is 0 Å². The standard InChI is InChI=1S/C14H26N2/c1-2-11-5-6-12(10-11)15-13-7-9-16-8-3-4-14(13)16/h11-15H,2-10H2,1H3. The van der Waals surface area contributed by atoms with E-state index in [0.717, 1.165) is 24.0 Å². The summed E-state index contributed by atoms with van der Waals surface area (Å²) >= 11 is 0. The second kappa shape index (κ2) is 4.66. The Labute approximate surface area is 99.8 Å². The molecule has 4 unspecified atom stereocenters. The van der Waals surface area contributed by atoms with Crippen molar-refractivity contribution in [1.82, 2.24) is 10.2 Å². The molecule has 0 radical (unpaired) electrons. The van der Waals surface area contributed by atoms with Gasteiger partial charge in [-0.3, -0.25) is 4.90 Å². The summed E-state index contributed by atoms with van der Waals surface area (Å²) in [6, 6.07) is 2.55. The Balaban J connectivity index is 1.52. The van der Waals surface area contributed by atoms with E-state index in [1.807, 2.05) is 0 Å². The maximum absolute atomic E-state index is 3.97. The normalized spacial score (nSPS) is 44.1. The maximum Gasteiger partial charge on any atom is 0.0250 e. The second-order valence-corrected chi connectivity index (χ2v) is 6.09. The van der Waals surface area contributed by atoms with E-state index in [9.17, 15) is 0 Å². The molecule has 3 aliphatic rings. The molecule has 3 fully saturated rings. The van der Waals surface area contributed by atoms with Crippen LogP contribution in [0.5, 0.6) is 0 Å². The maximum atomic E-state index is 3.97. The van der Waals surface area contributed by atoms with Crippen molar-refractivity contribution in [3.63, 3.8) is 0 Å². The molecule has 0 spiro atoms. The largest absolute Gasteiger partial charge is 0.310 e. The van der Waals surface area contributed by atoms with E-state index >= 15 is 0 Å². The molecule has 0 amide bonds. The Bertz CT molecular complexity index is 241. The van der Waals surface area contributed by atoms with Gasteiger partial charge in [-0.15, -0.1) is 0 Å². The van der Waals surface area contributed by atoms with Crippen molar-refractivity contribution >= 4 is 0 Å². The summed E-state index contributed by atoms with van der Waals surface area (Å²) in [5.41, 5.74) is 0. The quantitative estimate of drug-likeness (QED) is 0.789. The average Bonchev–Trinajstić information content (AvgIpc) is 2.97. The first kappa shape index (κ1) is 11.0. The minimum atomic E-state index is 0.822. The van der Waals surface area contributed by atoms with Crippen LogP contribution >= 0.6 is 0 Å². The molecule has 2 nitrogen and oxygen atoms in total. The number of hydrogen-bond acceptors (Lipinski definition) is 2. The van der Waals surface area contributed by atoms with E-state index in [1.54, 1.807) is 0 Å². The summed E-state index contributed by atoms with van der Waals surface area (Å²) in [7, 11) is 0. The molecule has 0 aromatic carbocycles. The van der Waals surface area contributed by atoms with Gasteiger partial charge in [-0.1, -0.05) is 13.3 Å². The molecule has 0 aromatic heterocycles. The smallest absolute Gasteiger partial charge is 0.0250 e. The van der Waals surface area contributed by atoms with Crippen LogP contribution in [0.4, 0.5) is 0 Å². The molecule has 1 aliphatic carbocycles. The van der Waals surface area contributed by atoms with Crippen LogP contribution in [0.3, 0.4) is 0 Å². The van der Waals surface area contributed by atoms with Crippen molar-refractivity contribution in [2.45, 2.75) is 70.0 Å². The van der Waals surface area contributed by atoms with Crippen molar-refractivity contribution in [2.24, 2.45) is 5.92 Å². The van der Waals surface area contributed by atoms with Gasteiger partial charge in [-0.2, -0.15) is 0 Å². The van der Waals surface area contributed by atoms with Crippen molar-refractivity contribution in [2.75, 3.05) is 13.1 Å². The van der Waals surface area contributed by atoms with Crippen LogP contribution in [0.1, 0.15) is 51.9 Å². The van der Waals surface area contributed by atoms with Gasteiger partial charge in [-0.25, -0.2) is 0 Å². The third-order valence-corrected chi connectivity index (χ3v) is 5.17. The number of hydrogen-bond donors (Lipinski definition) is 1. The van der Waals surface area contributed by atoms with Crippen LogP contribution in [0.15, 0.2) is 0 Å². The molecule has 2 aliphatic heterocycles. The number of rotatable bonds is 3. The predicted octanol–water partition coefficient (Wildman–Crippen LogP) is 2.39. The van der Waals surface area contributed by atoms with Gasteiger partial charge in [0.15, 0.2) is 0 Å². The van der Waals surface area contributed by atoms with Crippen molar-refractivity contribution < 1.29 is 0 Å². The van der Waals surface area contributed by atoms with Crippen LogP contribution in [-0.2, 0) is 0 Å². The molecular formula is C14H26N2. The zero-order valence-electron chi connectivity index (χ0n) is 10.6. The fourth-order valence-electron chi connectivity index (χ4n) is 4.18. The minimum absolute atomic E-state index is 0.822. The highest BCUT2D eigenvalue weighted by molar-refractivity contribution is 4.97. The van der Waals surface area contributed by atoms with Gasteiger partial charge < -0.3 is 5.32 Å². The number of nitrogens with zero attached hydrogens (tertiary/aromatic N) is 1. The minimum Gasteiger partial charge on any atom is -0.310 e. The Hall–Kier alpha value is -0.0800. The number of nitrogens with one attached hydrogen (secondary N) is 1. The lowest BCUT2D eigenvalue weighted by molar-refractivity contribution is 0.287. The topological polar surface area (TPSA) is 15.3 Å². The SMILES string of the molecule is CCC1CCC(NC2CCN3CCCC23)C1. The van der Waals surface area contributed by atoms with E-state index in [2.05, 4.69) is 17.1 Å². The Morgan fingerprint density at radius 3 is 2.88 bits per heavy atom. The van der Waals surface area contributed by atoms with Gasteiger partial charge in [0.1, 0.15) is 0 Å².